The van der Waals surface area contributed by atoms with Crippen LogP contribution in [0.3, 0.4) is 0 Å². The number of nitrogens with one attached hydrogen (secondary N) is 2. The summed E-state index contributed by atoms with van der Waals surface area (Å²) in [5.74, 6) is 0.870. The average Bonchev–Trinajstić information content (AvgIpc) is 3.14. The fourth-order valence-corrected chi connectivity index (χ4v) is 3.88. The normalized spacial score (nSPS) is 26.2. The molecule has 2 fully saturated rings. The molecule has 3 atom stereocenters. The Balaban J connectivity index is 0.00000208. The van der Waals surface area contributed by atoms with E-state index < -0.39 is 0 Å². The Hall–Kier alpha value is -0.340. The molecule has 2 heterocycles. The molecule has 24 heavy (non-hydrogen) atoms. The zero-order chi connectivity index (χ0) is 16.4. The Morgan fingerprint density at radius 3 is 2.75 bits per heavy atom. The van der Waals surface area contributed by atoms with Crippen LogP contribution in [0.5, 0.6) is 0 Å². The number of rotatable bonds is 4. The maximum absolute atomic E-state index is 5.91. The van der Waals surface area contributed by atoms with Gasteiger partial charge in [-0.15, -0.1) is 24.0 Å². The van der Waals surface area contributed by atoms with Gasteiger partial charge in [0.2, 0.25) is 0 Å². The van der Waals surface area contributed by atoms with Crippen molar-refractivity contribution >= 4 is 45.9 Å². The molecule has 0 amide bonds. The van der Waals surface area contributed by atoms with Gasteiger partial charge in [-0.1, -0.05) is 41.9 Å². The standard InChI is InChI=1S/C18H26BrN3O.HI/c1-18(2,12-5-4-6-13(19)9-12)11-21-17(20-3)22-15-10-14-7-8-16(15)23-14;/h4-6,9,14-16H,7-8,10-11H2,1-3H3,(H2,20,21,22);1H. The van der Waals surface area contributed by atoms with Crippen LogP contribution >= 0.6 is 39.9 Å². The van der Waals surface area contributed by atoms with Gasteiger partial charge in [0.05, 0.1) is 18.2 Å². The van der Waals surface area contributed by atoms with Crippen LogP contribution in [0, 0.1) is 0 Å². The van der Waals surface area contributed by atoms with Crippen LogP contribution < -0.4 is 10.6 Å². The van der Waals surface area contributed by atoms with Crippen LogP contribution in [0.1, 0.15) is 38.7 Å². The first kappa shape index (κ1) is 20.0. The second-order valence-corrected chi connectivity index (χ2v) is 8.10. The molecular formula is C18H27BrIN3O. The number of hydrogen-bond donors (Lipinski definition) is 2. The van der Waals surface area contributed by atoms with Crippen molar-refractivity contribution < 1.29 is 4.74 Å². The largest absolute Gasteiger partial charge is 0.373 e. The molecule has 2 aliphatic rings. The van der Waals surface area contributed by atoms with Gasteiger partial charge in [0.25, 0.3) is 0 Å². The average molecular weight is 508 g/mol. The first-order chi connectivity index (χ1) is 11.0. The number of hydrogen-bond acceptors (Lipinski definition) is 2. The molecule has 0 aliphatic carbocycles. The Kier molecular flexibility index (Phi) is 6.96. The van der Waals surface area contributed by atoms with Crippen LogP contribution in [0.25, 0.3) is 0 Å². The van der Waals surface area contributed by atoms with Crippen molar-refractivity contribution in [2.24, 2.45) is 4.99 Å². The topological polar surface area (TPSA) is 45.7 Å². The van der Waals surface area contributed by atoms with Gasteiger partial charge in [0.15, 0.2) is 5.96 Å². The molecule has 0 radical (unpaired) electrons. The van der Waals surface area contributed by atoms with Crippen LogP contribution in [-0.2, 0) is 10.2 Å². The van der Waals surface area contributed by atoms with Gasteiger partial charge in [-0.25, -0.2) is 0 Å². The Labute approximate surface area is 170 Å². The molecule has 2 saturated heterocycles. The molecule has 0 aromatic heterocycles. The lowest BCUT2D eigenvalue weighted by Gasteiger charge is -2.28. The van der Waals surface area contributed by atoms with Gasteiger partial charge in [0.1, 0.15) is 0 Å². The molecule has 2 N–H and O–H groups in total. The Morgan fingerprint density at radius 1 is 1.38 bits per heavy atom. The fraction of sp³-hybridized carbons (Fsp3) is 0.611. The highest BCUT2D eigenvalue weighted by Gasteiger charge is 2.41. The maximum Gasteiger partial charge on any atom is 0.191 e. The van der Waals surface area contributed by atoms with Crippen molar-refractivity contribution in [1.82, 2.24) is 10.6 Å². The number of aliphatic imine (C=N–C) groups is 1. The number of guanidine groups is 1. The van der Waals surface area contributed by atoms with Gasteiger partial charge < -0.3 is 15.4 Å². The van der Waals surface area contributed by atoms with Crippen LogP contribution in [-0.4, -0.2) is 37.8 Å². The first-order valence-electron chi connectivity index (χ1n) is 8.36. The lowest BCUT2D eigenvalue weighted by molar-refractivity contribution is 0.0992. The second-order valence-electron chi connectivity index (χ2n) is 7.18. The van der Waals surface area contributed by atoms with E-state index in [2.05, 4.69) is 69.7 Å². The van der Waals surface area contributed by atoms with Gasteiger partial charge in [0, 0.05) is 23.5 Å². The molecule has 4 nitrogen and oxygen atoms in total. The SMILES string of the molecule is CN=C(NCC(C)(C)c1cccc(Br)c1)NC1CC2CCC1O2.I. The number of nitrogens with zero attached hydrogens (tertiary/aromatic N) is 1. The predicted molar refractivity (Wildman–Crippen MR) is 113 cm³/mol. The van der Waals surface area contributed by atoms with E-state index >= 15 is 0 Å². The molecule has 3 rings (SSSR count). The zero-order valence-corrected chi connectivity index (χ0v) is 18.4. The van der Waals surface area contributed by atoms with Crippen molar-refractivity contribution in [2.75, 3.05) is 13.6 Å². The Bertz CT molecular complexity index is 593. The predicted octanol–water partition coefficient (Wildman–Crippen LogP) is 3.83. The molecule has 134 valence electrons. The zero-order valence-electron chi connectivity index (χ0n) is 14.5. The molecule has 0 saturated carbocycles. The third kappa shape index (κ3) is 4.64. The third-order valence-corrected chi connectivity index (χ3v) is 5.45. The van der Waals surface area contributed by atoms with E-state index in [1.54, 1.807) is 0 Å². The molecule has 0 spiro atoms. The van der Waals surface area contributed by atoms with E-state index in [0.29, 0.717) is 18.2 Å². The van der Waals surface area contributed by atoms with Gasteiger partial charge in [-0.05, 0) is 37.0 Å². The summed E-state index contributed by atoms with van der Waals surface area (Å²) in [6, 6.07) is 8.89. The molecule has 1 aromatic rings. The monoisotopic (exact) mass is 507 g/mol. The summed E-state index contributed by atoms with van der Waals surface area (Å²) in [4.78, 5) is 4.38. The van der Waals surface area contributed by atoms with Crippen LogP contribution in [0.4, 0.5) is 0 Å². The summed E-state index contributed by atoms with van der Waals surface area (Å²) < 4.78 is 7.02. The van der Waals surface area contributed by atoms with Crippen molar-refractivity contribution in [3.05, 3.63) is 34.3 Å². The number of fused-ring (bicyclic) bond motifs is 2. The van der Waals surface area contributed by atoms with E-state index in [4.69, 9.17) is 4.74 Å². The van der Waals surface area contributed by atoms with E-state index in [1.807, 2.05) is 7.05 Å². The smallest absolute Gasteiger partial charge is 0.191 e. The minimum absolute atomic E-state index is 0. The van der Waals surface area contributed by atoms with E-state index in [1.165, 1.54) is 18.4 Å². The fourth-order valence-electron chi connectivity index (χ4n) is 3.48. The van der Waals surface area contributed by atoms with Crippen molar-refractivity contribution in [3.63, 3.8) is 0 Å². The minimum Gasteiger partial charge on any atom is -0.373 e. The first-order valence-corrected chi connectivity index (χ1v) is 9.16. The van der Waals surface area contributed by atoms with Gasteiger partial charge in [-0.2, -0.15) is 0 Å². The summed E-state index contributed by atoms with van der Waals surface area (Å²) in [5, 5.41) is 7.02. The molecule has 3 unspecified atom stereocenters. The second kappa shape index (κ2) is 8.36. The van der Waals surface area contributed by atoms with Crippen LogP contribution in [0.15, 0.2) is 33.7 Å². The Morgan fingerprint density at radius 2 is 2.17 bits per heavy atom. The van der Waals surface area contributed by atoms with Crippen molar-refractivity contribution in [2.45, 2.75) is 56.8 Å². The van der Waals surface area contributed by atoms with Gasteiger partial charge >= 0.3 is 0 Å². The van der Waals surface area contributed by atoms with Crippen molar-refractivity contribution in [3.8, 4) is 0 Å². The summed E-state index contributed by atoms with van der Waals surface area (Å²) in [5.41, 5.74) is 1.32. The lowest BCUT2D eigenvalue weighted by Crippen LogP contribution is -2.49. The minimum atomic E-state index is 0. The van der Waals surface area contributed by atoms with E-state index in [0.717, 1.165) is 23.4 Å². The maximum atomic E-state index is 5.91. The highest BCUT2D eigenvalue weighted by molar-refractivity contribution is 14.0. The lowest BCUT2D eigenvalue weighted by atomic mass is 9.85. The summed E-state index contributed by atoms with van der Waals surface area (Å²) >= 11 is 3.55. The molecule has 2 bridgehead atoms. The van der Waals surface area contributed by atoms with E-state index in [9.17, 15) is 0 Å². The summed E-state index contributed by atoms with van der Waals surface area (Å²) in [6.07, 6.45) is 4.29. The number of ether oxygens (including phenoxy) is 1. The highest BCUT2D eigenvalue weighted by Crippen LogP contribution is 2.34. The highest BCUT2D eigenvalue weighted by atomic mass is 127. The molecule has 6 heteroatoms. The van der Waals surface area contributed by atoms with Crippen LogP contribution in [0.2, 0.25) is 0 Å². The summed E-state index contributed by atoms with van der Waals surface area (Å²) in [7, 11) is 1.83. The number of benzene rings is 1. The van der Waals surface area contributed by atoms with Gasteiger partial charge in [-0.3, -0.25) is 4.99 Å². The molecular weight excluding hydrogens is 481 g/mol. The molecule has 1 aromatic carbocycles. The molecule has 2 aliphatic heterocycles. The third-order valence-electron chi connectivity index (χ3n) is 4.96. The quantitative estimate of drug-likeness (QED) is 0.370. The summed E-state index contributed by atoms with van der Waals surface area (Å²) in [6.45, 7) is 5.32. The van der Waals surface area contributed by atoms with Crippen molar-refractivity contribution in [1.29, 1.82) is 0 Å². The van der Waals surface area contributed by atoms with E-state index in [-0.39, 0.29) is 29.4 Å². The number of halogens is 2.